The molecule has 0 atom stereocenters. The Kier molecular flexibility index (Phi) is 5.95. The van der Waals surface area contributed by atoms with E-state index in [0.29, 0.717) is 33.5 Å². The van der Waals surface area contributed by atoms with E-state index in [1.54, 1.807) is 54.6 Å². The molecule has 0 radical (unpaired) electrons. The Morgan fingerprint density at radius 1 is 0.794 bits per heavy atom. The fraction of sp³-hybridized carbons (Fsp3) is 0. The molecule has 2 aromatic carbocycles. The minimum absolute atomic E-state index is 0.267. The first-order valence-corrected chi connectivity index (χ1v) is 11.2. The highest BCUT2D eigenvalue weighted by Crippen LogP contribution is 2.34. The van der Waals surface area contributed by atoms with Crippen LogP contribution in [0.1, 0.15) is 11.5 Å². The van der Waals surface area contributed by atoms with Crippen molar-refractivity contribution in [3.05, 3.63) is 101 Å². The van der Waals surface area contributed by atoms with Crippen LogP contribution in [0.5, 0.6) is 0 Å². The van der Waals surface area contributed by atoms with Crippen LogP contribution >= 0.6 is 24.0 Å². The lowest BCUT2D eigenvalue weighted by molar-refractivity contribution is -0.122. The van der Waals surface area contributed by atoms with Gasteiger partial charge in [0, 0.05) is 17.2 Å². The van der Waals surface area contributed by atoms with Gasteiger partial charge in [0.1, 0.15) is 34.7 Å². The van der Waals surface area contributed by atoms with E-state index in [9.17, 15) is 13.6 Å². The van der Waals surface area contributed by atoms with Crippen LogP contribution in [0.4, 0.5) is 8.78 Å². The molecule has 9 heteroatoms. The molecule has 3 heterocycles. The average Bonchev–Trinajstić information content (AvgIpc) is 3.55. The number of carbonyl (C=O) groups is 1. The normalized spacial score (nSPS) is 15.2. The Morgan fingerprint density at radius 2 is 1.32 bits per heavy atom. The minimum Gasteiger partial charge on any atom is -0.457 e. The van der Waals surface area contributed by atoms with Gasteiger partial charge in [0.05, 0.1) is 11.1 Å². The van der Waals surface area contributed by atoms with Gasteiger partial charge in [-0.2, -0.15) is 10.1 Å². The third kappa shape index (κ3) is 4.61. The minimum atomic E-state index is -0.392. The zero-order valence-corrected chi connectivity index (χ0v) is 18.9. The number of hydrazone groups is 1. The summed E-state index contributed by atoms with van der Waals surface area (Å²) in [6.45, 7) is 0. The molecule has 5 rings (SSSR count). The van der Waals surface area contributed by atoms with Crippen LogP contribution in [-0.2, 0) is 4.79 Å². The van der Waals surface area contributed by atoms with Gasteiger partial charge in [0.25, 0.3) is 5.91 Å². The molecule has 0 unspecified atom stereocenters. The van der Waals surface area contributed by atoms with Crippen LogP contribution in [0, 0.1) is 11.6 Å². The second kappa shape index (κ2) is 9.20. The molecule has 4 aromatic rings. The number of hydrogen-bond donors (Lipinski definition) is 0. The predicted molar refractivity (Wildman–Crippen MR) is 131 cm³/mol. The summed E-state index contributed by atoms with van der Waals surface area (Å²) < 4.78 is 38.0. The zero-order valence-electron chi connectivity index (χ0n) is 17.3. The fourth-order valence-electron chi connectivity index (χ4n) is 3.19. The van der Waals surface area contributed by atoms with Crippen LogP contribution in [0.3, 0.4) is 0 Å². The van der Waals surface area contributed by atoms with Gasteiger partial charge in [-0.25, -0.2) is 8.78 Å². The summed E-state index contributed by atoms with van der Waals surface area (Å²) in [5.41, 5.74) is 1.43. The Labute approximate surface area is 202 Å². The maximum atomic E-state index is 13.1. The molecule has 2 aromatic heterocycles. The van der Waals surface area contributed by atoms with Gasteiger partial charge in [-0.15, -0.1) is 0 Å². The zero-order chi connectivity index (χ0) is 23.7. The van der Waals surface area contributed by atoms with Crippen LogP contribution in [0.15, 0.2) is 91.6 Å². The van der Waals surface area contributed by atoms with Crippen molar-refractivity contribution in [1.29, 1.82) is 0 Å². The van der Waals surface area contributed by atoms with Gasteiger partial charge in [-0.1, -0.05) is 11.8 Å². The largest absolute Gasteiger partial charge is 0.457 e. The molecule has 0 N–H and O–H groups in total. The molecule has 1 aliphatic heterocycles. The van der Waals surface area contributed by atoms with Gasteiger partial charge < -0.3 is 8.83 Å². The first kappa shape index (κ1) is 22.0. The molecule has 0 spiro atoms. The Bertz CT molecular complexity index is 1440. The number of nitrogens with zero attached hydrogens (tertiary/aromatic N) is 2. The molecule has 34 heavy (non-hydrogen) atoms. The van der Waals surface area contributed by atoms with Crippen LogP contribution in [0.2, 0.25) is 0 Å². The molecule has 0 saturated carbocycles. The third-order valence-corrected chi connectivity index (χ3v) is 6.14. The van der Waals surface area contributed by atoms with E-state index in [1.165, 1.54) is 30.5 Å². The van der Waals surface area contributed by atoms with Gasteiger partial charge in [-0.3, -0.25) is 4.79 Å². The number of rotatable bonds is 5. The Morgan fingerprint density at radius 3 is 1.91 bits per heavy atom. The summed E-state index contributed by atoms with van der Waals surface area (Å²) in [6.07, 6.45) is 2.97. The monoisotopic (exact) mass is 492 g/mol. The van der Waals surface area contributed by atoms with Gasteiger partial charge in [-0.05, 0) is 85.0 Å². The number of hydrogen-bond acceptors (Lipinski definition) is 6. The van der Waals surface area contributed by atoms with Gasteiger partial charge >= 0.3 is 0 Å². The molecule has 1 fully saturated rings. The van der Waals surface area contributed by atoms with E-state index in [4.69, 9.17) is 21.1 Å². The summed E-state index contributed by atoms with van der Waals surface area (Å²) in [6, 6.07) is 18.7. The molecule has 1 aliphatic rings. The number of thiocarbonyl (C=S) groups is 1. The highest BCUT2D eigenvalue weighted by Gasteiger charge is 2.32. The van der Waals surface area contributed by atoms with Crippen molar-refractivity contribution < 1.29 is 22.4 Å². The summed E-state index contributed by atoms with van der Waals surface area (Å²) in [4.78, 5) is 13.2. The van der Waals surface area contributed by atoms with Crippen molar-refractivity contribution in [3.63, 3.8) is 0 Å². The summed E-state index contributed by atoms with van der Waals surface area (Å²) in [7, 11) is 0. The van der Waals surface area contributed by atoms with Crippen LogP contribution in [0.25, 0.3) is 28.7 Å². The average molecular weight is 493 g/mol. The SMILES string of the molecule is O=C1/C(=C\c2ccc(-c3ccc(F)cc3)o2)SC(=S)N1/N=C/c1ccc(-c2ccc(F)cc2)o1. The number of thioether (sulfide) groups is 1. The lowest BCUT2D eigenvalue weighted by Crippen LogP contribution is -2.22. The number of furan rings is 2. The van der Waals surface area contributed by atoms with E-state index in [0.717, 1.165) is 22.3 Å². The molecule has 168 valence electrons. The predicted octanol–water partition coefficient (Wildman–Crippen LogP) is 6.72. The van der Waals surface area contributed by atoms with Crippen molar-refractivity contribution >= 4 is 46.5 Å². The molecule has 0 aliphatic carbocycles. The van der Waals surface area contributed by atoms with E-state index in [2.05, 4.69) is 5.10 Å². The topological polar surface area (TPSA) is 59.0 Å². The van der Waals surface area contributed by atoms with Crippen LogP contribution < -0.4 is 0 Å². The molecule has 0 bridgehead atoms. The lowest BCUT2D eigenvalue weighted by atomic mass is 10.2. The molecule has 1 saturated heterocycles. The van der Waals surface area contributed by atoms with Gasteiger partial charge in [0.15, 0.2) is 4.32 Å². The fourth-order valence-corrected chi connectivity index (χ4v) is 4.35. The van der Waals surface area contributed by atoms with Crippen molar-refractivity contribution in [2.24, 2.45) is 5.10 Å². The quantitative estimate of drug-likeness (QED) is 0.176. The summed E-state index contributed by atoms with van der Waals surface area (Å²) >= 11 is 6.40. The smallest absolute Gasteiger partial charge is 0.286 e. The maximum Gasteiger partial charge on any atom is 0.286 e. The van der Waals surface area contributed by atoms with E-state index < -0.39 is 5.91 Å². The number of carbonyl (C=O) groups excluding carboxylic acids is 1. The molecular weight excluding hydrogens is 478 g/mol. The first-order valence-electron chi connectivity index (χ1n) is 10.00. The Balaban J connectivity index is 1.30. The van der Waals surface area contributed by atoms with Crippen molar-refractivity contribution in [3.8, 4) is 22.6 Å². The summed E-state index contributed by atoms with van der Waals surface area (Å²) in [5, 5.41) is 5.27. The number of halogens is 2. The highest BCUT2D eigenvalue weighted by molar-refractivity contribution is 8.26. The van der Waals surface area contributed by atoms with Crippen LogP contribution in [-0.4, -0.2) is 21.5 Å². The number of benzene rings is 2. The van der Waals surface area contributed by atoms with E-state index >= 15 is 0 Å². The highest BCUT2D eigenvalue weighted by atomic mass is 32.2. The Hall–Kier alpha value is -3.82. The van der Waals surface area contributed by atoms with E-state index in [1.807, 2.05) is 0 Å². The maximum absolute atomic E-state index is 13.1. The molecular formula is C25H14F2N2O3S2. The van der Waals surface area contributed by atoms with Crippen molar-refractivity contribution in [2.75, 3.05) is 0 Å². The molecule has 1 amide bonds. The lowest BCUT2D eigenvalue weighted by Gasteiger charge is -2.05. The van der Waals surface area contributed by atoms with Crippen molar-refractivity contribution in [1.82, 2.24) is 5.01 Å². The first-order chi connectivity index (χ1) is 16.5. The second-order valence-electron chi connectivity index (χ2n) is 7.16. The number of amides is 1. The second-order valence-corrected chi connectivity index (χ2v) is 8.83. The van der Waals surface area contributed by atoms with Gasteiger partial charge in [0.2, 0.25) is 0 Å². The third-order valence-electron chi connectivity index (χ3n) is 4.86. The van der Waals surface area contributed by atoms with E-state index in [-0.39, 0.29) is 16.0 Å². The summed E-state index contributed by atoms with van der Waals surface area (Å²) in [5.74, 6) is 0.903. The van der Waals surface area contributed by atoms with Crippen molar-refractivity contribution in [2.45, 2.75) is 0 Å². The standard InChI is InChI=1S/C25H14F2N2O3S2/c26-17-5-1-15(2-6-17)21-11-9-19(31-21)13-23-24(30)29(25(33)34-23)28-14-20-10-12-22(32-20)16-3-7-18(27)8-4-16/h1-14H/b23-13+,28-14+. The molecule has 5 nitrogen and oxygen atoms in total.